The Hall–Kier alpha value is -1.96. The highest BCUT2D eigenvalue weighted by Gasteiger charge is 2.34. The molecule has 1 rings (SSSR count). The minimum Gasteiger partial charge on any atom is -0.462 e. The summed E-state index contributed by atoms with van der Waals surface area (Å²) in [5.41, 5.74) is 1.97. The Morgan fingerprint density at radius 1 is 1.04 bits per heavy atom. The lowest BCUT2D eigenvalue weighted by molar-refractivity contribution is -0.172. The van der Waals surface area contributed by atoms with Crippen molar-refractivity contribution >= 4 is 5.57 Å². The van der Waals surface area contributed by atoms with Crippen LogP contribution in [0.5, 0.6) is 5.75 Å². The van der Waals surface area contributed by atoms with E-state index in [0.717, 1.165) is 11.1 Å². The molecule has 1 aromatic rings. The highest BCUT2D eigenvalue weighted by molar-refractivity contribution is 5.65. The first-order chi connectivity index (χ1) is 12.3. The van der Waals surface area contributed by atoms with Crippen LogP contribution in [0.1, 0.15) is 19.4 Å². The number of ether oxygens (including phenoxy) is 1. The van der Waals surface area contributed by atoms with Crippen molar-refractivity contribution in [2.45, 2.75) is 38.4 Å². The second kappa shape index (κ2) is 10.9. The van der Waals surface area contributed by atoms with Gasteiger partial charge in [-0.25, -0.2) is 0 Å². The van der Waals surface area contributed by atoms with Crippen LogP contribution in [0.4, 0.5) is 0 Å². The van der Waals surface area contributed by atoms with Crippen molar-refractivity contribution in [2.75, 3.05) is 6.61 Å². The van der Waals surface area contributed by atoms with E-state index in [0.29, 0.717) is 5.75 Å². The summed E-state index contributed by atoms with van der Waals surface area (Å²) in [4.78, 5) is 0. The Labute approximate surface area is 154 Å². The molecule has 0 saturated heterocycles. The first-order valence-corrected chi connectivity index (χ1v) is 8.38. The standard InChI is InChI=1S/C20H28O6/c1-4-5-6-7-13(2)15-8-10-16(11-9-15)26-20(25)19(24)18(23)17(22)14(3)12-21/h4-11,14,17-25H,1,12H2,2-3H3/b6-5-,13-7+. The SMILES string of the molecule is C=C/C=C\C=C(/C)c1ccc(OC(O)C(O)C(O)C(O)C(C)CO)cc1. The van der Waals surface area contributed by atoms with Crippen molar-refractivity contribution in [1.29, 1.82) is 0 Å². The van der Waals surface area contributed by atoms with Crippen molar-refractivity contribution in [3.05, 3.63) is 60.7 Å². The van der Waals surface area contributed by atoms with Gasteiger partial charge in [-0.05, 0) is 30.2 Å². The van der Waals surface area contributed by atoms with E-state index in [2.05, 4.69) is 6.58 Å². The summed E-state index contributed by atoms with van der Waals surface area (Å²) < 4.78 is 5.22. The van der Waals surface area contributed by atoms with Crippen LogP contribution >= 0.6 is 0 Å². The van der Waals surface area contributed by atoms with E-state index in [1.165, 1.54) is 6.92 Å². The van der Waals surface area contributed by atoms with Crippen molar-refractivity contribution in [3.63, 3.8) is 0 Å². The molecular formula is C20H28O6. The Balaban J connectivity index is 2.72. The molecule has 5 atom stereocenters. The molecule has 6 heteroatoms. The van der Waals surface area contributed by atoms with Gasteiger partial charge in [0.05, 0.1) is 6.10 Å². The highest BCUT2D eigenvalue weighted by atomic mass is 16.6. The molecule has 0 aromatic heterocycles. The van der Waals surface area contributed by atoms with Gasteiger partial charge in [0.15, 0.2) is 0 Å². The van der Waals surface area contributed by atoms with Gasteiger partial charge in [0, 0.05) is 12.5 Å². The number of aliphatic hydroxyl groups excluding tert-OH is 5. The number of rotatable bonds is 10. The lowest BCUT2D eigenvalue weighted by Gasteiger charge is -2.29. The van der Waals surface area contributed by atoms with Crippen LogP contribution in [0.3, 0.4) is 0 Å². The molecule has 0 heterocycles. The van der Waals surface area contributed by atoms with Crippen molar-refractivity contribution in [3.8, 4) is 5.75 Å². The van der Waals surface area contributed by atoms with E-state index < -0.39 is 30.5 Å². The number of aliphatic hydroxyl groups is 5. The second-order valence-corrected chi connectivity index (χ2v) is 6.13. The van der Waals surface area contributed by atoms with Crippen LogP contribution < -0.4 is 4.74 Å². The molecule has 0 aliphatic rings. The summed E-state index contributed by atoms with van der Waals surface area (Å²) in [6, 6.07) is 6.83. The third-order valence-corrected chi connectivity index (χ3v) is 4.02. The fourth-order valence-electron chi connectivity index (χ4n) is 2.20. The zero-order valence-electron chi connectivity index (χ0n) is 15.1. The Bertz CT molecular complexity index is 607. The van der Waals surface area contributed by atoms with Crippen molar-refractivity contribution in [1.82, 2.24) is 0 Å². The molecule has 0 spiro atoms. The predicted octanol–water partition coefficient (Wildman–Crippen LogP) is 1.24. The predicted molar refractivity (Wildman–Crippen MR) is 100 cm³/mol. The molecule has 0 bridgehead atoms. The zero-order chi connectivity index (χ0) is 19.7. The highest BCUT2D eigenvalue weighted by Crippen LogP contribution is 2.21. The van der Waals surface area contributed by atoms with E-state index in [1.54, 1.807) is 30.3 Å². The van der Waals surface area contributed by atoms with Crippen LogP contribution in [-0.2, 0) is 0 Å². The maximum atomic E-state index is 9.93. The summed E-state index contributed by atoms with van der Waals surface area (Å²) in [7, 11) is 0. The molecule has 0 fully saturated rings. The van der Waals surface area contributed by atoms with Crippen molar-refractivity contribution < 1.29 is 30.3 Å². The van der Waals surface area contributed by atoms with Crippen LogP contribution in [0.15, 0.2) is 55.1 Å². The van der Waals surface area contributed by atoms with E-state index in [9.17, 15) is 20.4 Å². The smallest absolute Gasteiger partial charge is 0.226 e. The fraction of sp³-hybridized carbons (Fsp3) is 0.400. The third kappa shape index (κ3) is 6.40. The molecule has 1 aromatic carbocycles. The van der Waals surface area contributed by atoms with Gasteiger partial charge in [-0.1, -0.05) is 49.9 Å². The lowest BCUT2D eigenvalue weighted by Crippen LogP contribution is -2.49. The number of allylic oxidation sites excluding steroid dienone is 5. The first-order valence-electron chi connectivity index (χ1n) is 8.38. The molecule has 0 saturated carbocycles. The van der Waals surface area contributed by atoms with Gasteiger partial charge in [-0.15, -0.1) is 0 Å². The molecular weight excluding hydrogens is 336 g/mol. The monoisotopic (exact) mass is 364 g/mol. The van der Waals surface area contributed by atoms with Gasteiger partial charge in [0.2, 0.25) is 6.29 Å². The van der Waals surface area contributed by atoms with E-state index >= 15 is 0 Å². The molecule has 0 radical (unpaired) electrons. The van der Waals surface area contributed by atoms with E-state index in [1.807, 2.05) is 25.2 Å². The summed E-state index contributed by atoms with van der Waals surface area (Å²) in [5.74, 6) is -0.359. The summed E-state index contributed by atoms with van der Waals surface area (Å²) in [6.07, 6.45) is 0.771. The van der Waals surface area contributed by atoms with Crippen LogP contribution in [0.25, 0.3) is 5.57 Å². The Kier molecular flexibility index (Phi) is 9.26. The van der Waals surface area contributed by atoms with Gasteiger partial charge in [-0.2, -0.15) is 0 Å². The topological polar surface area (TPSA) is 110 Å². The minimum absolute atomic E-state index is 0.298. The normalized spacial score (nSPS) is 18.2. The van der Waals surface area contributed by atoms with Gasteiger partial charge in [-0.3, -0.25) is 0 Å². The molecule has 5 N–H and O–H groups in total. The second-order valence-electron chi connectivity index (χ2n) is 6.13. The fourth-order valence-corrected chi connectivity index (χ4v) is 2.20. The number of benzene rings is 1. The average Bonchev–Trinajstić information content (AvgIpc) is 2.66. The summed E-state index contributed by atoms with van der Waals surface area (Å²) >= 11 is 0. The van der Waals surface area contributed by atoms with Gasteiger partial charge < -0.3 is 30.3 Å². The largest absolute Gasteiger partial charge is 0.462 e. The molecule has 0 aliphatic heterocycles. The van der Waals surface area contributed by atoms with E-state index in [-0.39, 0.29) is 6.61 Å². The molecule has 144 valence electrons. The molecule has 5 unspecified atom stereocenters. The number of hydrogen-bond donors (Lipinski definition) is 5. The van der Waals surface area contributed by atoms with Crippen LogP contribution in [0.2, 0.25) is 0 Å². The van der Waals surface area contributed by atoms with Gasteiger partial charge in [0.1, 0.15) is 18.0 Å². The van der Waals surface area contributed by atoms with Gasteiger partial charge in [0.25, 0.3) is 0 Å². The zero-order valence-corrected chi connectivity index (χ0v) is 15.1. The quantitative estimate of drug-likeness (QED) is 0.316. The first kappa shape index (κ1) is 22.1. The average molecular weight is 364 g/mol. The Morgan fingerprint density at radius 2 is 1.65 bits per heavy atom. The van der Waals surface area contributed by atoms with Crippen LogP contribution in [-0.4, -0.2) is 56.7 Å². The molecule has 0 amide bonds. The third-order valence-electron chi connectivity index (χ3n) is 4.02. The van der Waals surface area contributed by atoms with Gasteiger partial charge >= 0.3 is 0 Å². The molecule has 6 nitrogen and oxygen atoms in total. The lowest BCUT2D eigenvalue weighted by atomic mass is 9.97. The maximum Gasteiger partial charge on any atom is 0.226 e. The Morgan fingerprint density at radius 3 is 2.19 bits per heavy atom. The summed E-state index contributed by atoms with van der Waals surface area (Å²) in [5, 5.41) is 48.5. The molecule has 0 aliphatic carbocycles. The maximum absolute atomic E-state index is 9.93. The minimum atomic E-state index is -1.73. The van der Waals surface area contributed by atoms with Crippen molar-refractivity contribution in [2.24, 2.45) is 5.92 Å². The van der Waals surface area contributed by atoms with Crippen LogP contribution in [0, 0.1) is 5.92 Å². The summed E-state index contributed by atoms with van der Waals surface area (Å²) in [6.45, 7) is 6.69. The molecule has 26 heavy (non-hydrogen) atoms. The van der Waals surface area contributed by atoms with E-state index in [4.69, 9.17) is 9.84 Å². The number of hydrogen-bond acceptors (Lipinski definition) is 6.